The molecule has 18 heavy (non-hydrogen) atoms. The zero-order valence-electron chi connectivity index (χ0n) is 13.2. The van der Waals surface area contributed by atoms with Crippen LogP contribution in [0.2, 0.25) is 0 Å². The van der Waals surface area contributed by atoms with Crippen LogP contribution < -0.4 is 5.73 Å². The molecule has 2 N–H and O–H groups in total. The summed E-state index contributed by atoms with van der Waals surface area (Å²) in [5.41, 5.74) is 5.62. The maximum Gasteiger partial charge on any atom is 0.128 e. The lowest BCUT2D eigenvalue weighted by molar-refractivity contribution is 0.215. The minimum atomic E-state index is 0.819. The Morgan fingerprint density at radius 1 is 1.11 bits per heavy atom. The van der Waals surface area contributed by atoms with E-state index in [1.54, 1.807) is 7.11 Å². The van der Waals surface area contributed by atoms with Crippen molar-refractivity contribution in [3.8, 4) is 0 Å². The van der Waals surface area contributed by atoms with Crippen LogP contribution in [0.15, 0.2) is 12.4 Å². The second-order valence-electron chi connectivity index (χ2n) is 3.00. The fraction of sp³-hybridized carbons (Fsp3) is 0.714. The summed E-state index contributed by atoms with van der Waals surface area (Å²) >= 11 is 0. The van der Waals surface area contributed by atoms with Crippen LogP contribution in [-0.2, 0) is 11.2 Å². The lowest BCUT2D eigenvalue weighted by atomic mass is 10.3. The molecule has 108 valence electrons. The molecule has 0 unspecified atom stereocenters. The van der Waals surface area contributed by atoms with E-state index in [9.17, 15) is 0 Å². The lowest BCUT2D eigenvalue weighted by Gasteiger charge is -1.95. The predicted molar refractivity (Wildman–Crippen MR) is 79.8 cm³/mol. The van der Waals surface area contributed by atoms with E-state index >= 15 is 0 Å². The molecule has 0 aliphatic rings. The van der Waals surface area contributed by atoms with Crippen molar-refractivity contribution in [1.29, 1.82) is 0 Å². The summed E-state index contributed by atoms with van der Waals surface area (Å²) in [6.07, 6.45) is 5.82. The average molecular weight is 257 g/mol. The third-order valence-corrected chi connectivity index (χ3v) is 1.60. The Morgan fingerprint density at radius 3 is 1.78 bits per heavy atom. The molecule has 0 saturated carbocycles. The van der Waals surface area contributed by atoms with E-state index in [-0.39, 0.29) is 0 Å². The van der Waals surface area contributed by atoms with Gasteiger partial charge < -0.3 is 10.5 Å². The second-order valence-corrected chi connectivity index (χ2v) is 3.00. The molecule has 0 saturated heterocycles. The summed E-state index contributed by atoms with van der Waals surface area (Å²) in [5, 5.41) is 0. The molecule has 0 amide bonds. The first-order chi connectivity index (χ1) is 8.74. The van der Waals surface area contributed by atoms with Gasteiger partial charge in [-0.3, -0.25) is 0 Å². The fourth-order valence-electron chi connectivity index (χ4n) is 0.772. The Kier molecular flexibility index (Phi) is 26.3. The fourth-order valence-corrected chi connectivity index (χ4v) is 0.772. The third kappa shape index (κ3) is 17.4. The molecule has 1 rings (SSSR count). The van der Waals surface area contributed by atoms with Gasteiger partial charge in [-0.05, 0) is 32.9 Å². The van der Waals surface area contributed by atoms with Crippen LogP contribution in [-0.4, -0.2) is 30.7 Å². The molecule has 0 bridgehead atoms. The van der Waals surface area contributed by atoms with Crippen molar-refractivity contribution in [1.82, 2.24) is 9.97 Å². The summed E-state index contributed by atoms with van der Waals surface area (Å²) in [4.78, 5) is 8.31. The van der Waals surface area contributed by atoms with E-state index in [0.717, 1.165) is 30.8 Å². The van der Waals surface area contributed by atoms with Crippen molar-refractivity contribution in [2.75, 3.05) is 20.8 Å². The van der Waals surface area contributed by atoms with Crippen LogP contribution in [0.5, 0.6) is 0 Å². The van der Waals surface area contributed by atoms with Crippen LogP contribution in [0.25, 0.3) is 0 Å². The highest BCUT2D eigenvalue weighted by atomic mass is 16.5. The Balaban J connectivity index is -0.000000238. The topological polar surface area (TPSA) is 61.0 Å². The molecule has 1 aromatic heterocycles. The Hall–Kier alpha value is -1.00. The quantitative estimate of drug-likeness (QED) is 0.904. The first-order valence-corrected chi connectivity index (χ1v) is 6.58. The summed E-state index contributed by atoms with van der Waals surface area (Å²) in [5.74, 6) is 0.952. The van der Waals surface area contributed by atoms with Gasteiger partial charge in [-0.2, -0.15) is 0 Å². The number of nitrogens with zero attached hydrogens (tertiary/aromatic N) is 2. The lowest BCUT2D eigenvalue weighted by Crippen LogP contribution is -1.92. The third-order valence-electron chi connectivity index (χ3n) is 1.60. The number of hydrogen-bond donors (Lipinski definition) is 1. The molecule has 0 spiro atoms. The van der Waals surface area contributed by atoms with Gasteiger partial charge in [0.05, 0.1) is 0 Å². The highest BCUT2D eigenvalue weighted by Gasteiger charge is 1.91. The van der Waals surface area contributed by atoms with Crippen LogP contribution in [0.3, 0.4) is 0 Å². The molecule has 0 fully saturated rings. The number of methoxy groups -OCH3 is 1. The Morgan fingerprint density at radius 2 is 1.50 bits per heavy atom. The Bertz CT molecular complexity index is 223. The number of aryl methyl sites for hydroxylation is 2. The molecule has 0 atom stereocenters. The standard InChI is InChI=1S/C8H12N2.C3H8O.C2H6.CH5N/c1-3-4-8-9-5-7(2)6-10-8;1-3-4-2;2*1-2/h5-6H,3-4H2,1-2H3;3H2,1-2H3;1-2H3;2H2,1H3. The van der Waals surface area contributed by atoms with E-state index in [4.69, 9.17) is 0 Å². The first-order valence-electron chi connectivity index (χ1n) is 6.58. The summed E-state index contributed by atoms with van der Waals surface area (Å²) in [7, 11) is 3.18. The summed E-state index contributed by atoms with van der Waals surface area (Å²) in [6.45, 7) is 10.9. The van der Waals surface area contributed by atoms with Gasteiger partial charge in [0, 0.05) is 32.5 Å². The molecule has 4 heteroatoms. The van der Waals surface area contributed by atoms with Gasteiger partial charge in [-0.1, -0.05) is 20.8 Å². The van der Waals surface area contributed by atoms with E-state index in [2.05, 4.69) is 27.4 Å². The van der Waals surface area contributed by atoms with Crippen molar-refractivity contribution in [3.05, 3.63) is 23.8 Å². The molecule has 1 heterocycles. The minimum absolute atomic E-state index is 0.819. The normalized spacial score (nSPS) is 7.78. The van der Waals surface area contributed by atoms with Crippen LogP contribution in [0.1, 0.15) is 45.5 Å². The summed E-state index contributed by atoms with van der Waals surface area (Å²) < 4.78 is 4.54. The molecule has 4 nitrogen and oxygen atoms in total. The molecule has 0 aliphatic carbocycles. The molecule has 0 aromatic carbocycles. The van der Waals surface area contributed by atoms with Crippen LogP contribution in [0.4, 0.5) is 0 Å². The van der Waals surface area contributed by atoms with Gasteiger partial charge in [0.15, 0.2) is 0 Å². The van der Waals surface area contributed by atoms with Crippen molar-refractivity contribution in [2.24, 2.45) is 5.73 Å². The van der Waals surface area contributed by atoms with E-state index in [1.165, 1.54) is 7.05 Å². The molecular formula is C14H31N3O. The summed E-state index contributed by atoms with van der Waals surface area (Å²) in [6, 6.07) is 0. The monoisotopic (exact) mass is 257 g/mol. The van der Waals surface area contributed by atoms with E-state index in [1.807, 2.05) is 40.1 Å². The van der Waals surface area contributed by atoms with Gasteiger partial charge in [-0.15, -0.1) is 0 Å². The number of aromatic nitrogens is 2. The smallest absolute Gasteiger partial charge is 0.128 e. The first kappa shape index (κ1) is 22.2. The molecular weight excluding hydrogens is 226 g/mol. The SMILES string of the molecule is CC.CCCc1ncc(C)cn1.CCOC.CN. The average Bonchev–Trinajstić information content (AvgIpc) is 2.46. The second kappa shape index (κ2) is 21.3. The van der Waals surface area contributed by atoms with E-state index in [0.29, 0.717) is 0 Å². The van der Waals surface area contributed by atoms with Crippen LogP contribution >= 0.6 is 0 Å². The molecule has 1 aromatic rings. The van der Waals surface area contributed by atoms with Gasteiger partial charge in [0.2, 0.25) is 0 Å². The van der Waals surface area contributed by atoms with Gasteiger partial charge in [0.25, 0.3) is 0 Å². The van der Waals surface area contributed by atoms with Crippen molar-refractivity contribution < 1.29 is 4.74 Å². The van der Waals surface area contributed by atoms with Crippen LogP contribution in [0, 0.1) is 6.92 Å². The Labute approximate surface area is 113 Å². The van der Waals surface area contributed by atoms with Gasteiger partial charge in [0.1, 0.15) is 5.82 Å². The van der Waals surface area contributed by atoms with Gasteiger partial charge in [-0.25, -0.2) is 9.97 Å². The predicted octanol–water partition coefficient (Wildman–Crippen LogP) is 2.99. The van der Waals surface area contributed by atoms with Crippen molar-refractivity contribution in [2.45, 2.75) is 47.5 Å². The van der Waals surface area contributed by atoms with E-state index < -0.39 is 0 Å². The number of ether oxygens (including phenoxy) is 1. The maximum absolute atomic E-state index is 4.54. The highest BCUT2D eigenvalue weighted by molar-refractivity contribution is 5.01. The molecule has 0 aliphatic heterocycles. The van der Waals surface area contributed by atoms with Crippen molar-refractivity contribution >= 4 is 0 Å². The maximum atomic E-state index is 4.54. The number of rotatable bonds is 3. The van der Waals surface area contributed by atoms with Gasteiger partial charge >= 0.3 is 0 Å². The van der Waals surface area contributed by atoms with Crippen molar-refractivity contribution in [3.63, 3.8) is 0 Å². The highest BCUT2D eigenvalue weighted by Crippen LogP contribution is 1.95. The zero-order chi connectivity index (χ0) is 14.8. The number of hydrogen-bond acceptors (Lipinski definition) is 4. The number of nitrogens with two attached hydrogens (primary N) is 1. The molecule has 0 radical (unpaired) electrons. The zero-order valence-corrected chi connectivity index (χ0v) is 13.2. The largest absolute Gasteiger partial charge is 0.385 e. The minimum Gasteiger partial charge on any atom is -0.385 e.